The first-order valence-electron chi connectivity index (χ1n) is 12.9. The molecule has 1 aliphatic carbocycles. The van der Waals surface area contributed by atoms with Crippen molar-refractivity contribution in [2.75, 3.05) is 13.6 Å². The molecule has 0 saturated heterocycles. The van der Waals surface area contributed by atoms with Gasteiger partial charge in [-0.25, -0.2) is 0 Å². The summed E-state index contributed by atoms with van der Waals surface area (Å²) in [5, 5.41) is 0. The fourth-order valence-corrected chi connectivity index (χ4v) is 5.94. The molecule has 3 nitrogen and oxygen atoms in total. The Balaban J connectivity index is 1.51. The third-order valence-electron chi connectivity index (χ3n) is 8.06. The number of rotatable bonds is 8. The third kappa shape index (κ3) is 5.21. The summed E-state index contributed by atoms with van der Waals surface area (Å²) in [6.07, 6.45) is 4.06. The third-order valence-corrected chi connectivity index (χ3v) is 8.06. The van der Waals surface area contributed by atoms with Gasteiger partial charge in [-0.1, -0.05) is 106 Å². The summed E-state index contributed by atoms with van der Waals surface area (Å²) in [7, 11) is 2.23. The van der Waals surface area contributed by atoms with Crippen LogP contribution in [0, 0.1) is 5.92 Å². The van der Waals surface area contributed by atoms with Crippen LogP contribution in [0.25, 0.3) is 0 Å². The molecule has 0 radical (unpaired) electrons. The second-order valence-corrected chi connectivity index (χ2v) is 11.2. The van der Waals surface area contributed by atoms with Crippen LogP contribution < -0.4 is 5.73 Å². The van der Waals surface area contributed by atoms with Crippen LogP contribution in [0.2, 0.25) is 0 Å². The molecule has 3 aromatic carbocycles. The van der Waals surface area contributed by atoms with E-state index in [1.807, 2.05) is 36.4 Å². The zero-order valence-corrected chi connectivity index (χ0v) is 21.7. The van der Waals surface area contributed by atoms with Gasteiger partial charge in [-0.15, -0.1) is 0 Å². The van der Waals surface area contributed by atoms with Gasteiger partial charge in [0.25, 0.3) is 0 Å². The maximum atomic E-state index is 13.3. The molecular formula is C32H40N2O. The van der Waals surface area contributed by atoms with Crippen LogP contribution >= 0.6 is 0 Å². The van der Waals surface area contributed by atoms with Crippen molar-refractivity contribution in [1.29, 1.82) is 0 Å². The lowest BCUT2D eigenvalue weighted by Gasteiger charge is -2.38. The van der Waals surface area contributed by atoms with Crippen molar-refractivity contribution in [1.82, 2.24) is 4.90 Å². The summed E-state index contributed by atoms with van der Waals surface area (Å²) in [6, 6.07) is 29.8. The molecule has 4 rings (SSSR count). The Hall–Kier alpha value is -2.91. The summed E-state index contributed by atoms with van der Waals surface area (Å²) < 4.78 is 0. The fraction of sp³-hybridized carbons (Fsp3) is 0.406. The Kier molecular flexibility index (Phi) is 7.47. The van der Waals surface area contributed by atoms with E-state index in [1.165, 1.54) is 11.1 Å². The van der Waals surface area contributed by atoms with Crippen molar-refractivity contribution in [2.24, 2.45) is 11.7 Å². The molecule has 184 valence electrons. The molecule has 0 bridgehead atoms. The summed E-state index contributed by atoms with van der Waals surface area (Å²) in [4.78, 5) is 15.8. The van der Waals surface area contributed by atoms with E-state index in [4.69, 9.17) is 5.73 Å². The zero-order chi connectivity index (χ0) is 25.1. The summed E-state index contributed by atoms with van der Waals surface area (Å²) in [5.74, 6) is -0.0783. The van der Waals surface area contributed by atoms with Crippen LogP contribution in [0.3, 0.4) is 0 Å². The maximum Gasteiger partial charge on any atom is 0.232 e. The molecule has 3 heteroatoms. The predicted octanol–water partition coefficient (Wildman–Crippen LogP) is 6.10. The Labute approximate surface area is 211 Å². The molecule has 2 N–H and O–H groups in total. The van der Waals surface area contributed by atoms with E-state index in [0.29, 0.717) is 6.04 Å². The molecule has 0 spiro atoms. The van der Waals surface area contributed by atoms with Gasteiger partial charge >= 0.3 is 0 Å². The highest BCUT2D eigenvalue weighted by Gasteiger charge is 2.50. The van der Waals surface area contributed by atoms with E-state index in [-0.39, 0.29) is 17.2 Å². The van der Waals surface area contributed by atoms with Crippen LogP contribution in [0.1, 0.15) is 62.3 Å². The molecule has 3 aromatic rings. The van der Waals surface area contributed by atoms with E-state index >= 15 is 0 Å². The number of amides is 1. The Bertz CT molecular complexity index is 1060. The van der Waals surface area contributed by atoms with Gasteiger partial charge in [-0.3, -0.25) is 4.79 Å². The van der Waals surface area contributed by atoms with Crippen molar-refractivity contribution >= 4 is 5.91 Å². The van der Waals surface area contributed by atoms with Crippen molar-refractivity contribution in [3.05, 3.63) is 107 Å². The highest BCUT2D eigenvalue weighted by molar-refractivity contribution is 5.91. The molecule has 2 unspecified atom stereocenters. The minimum atomic E-state index is -0.805. The number of hydrogen-bond acceptors (Lipinski definition) is 2. The Morgan fingerprint density at radius 1 is 0.829 bits per heavy atom. The number of nitrogens with two attached hydrogens (primary N) is 1. The molecule has 0 heterocycles. The van der Waals surface area contributed by atoms with Crippen molar-refractivity contribution in [3.63, 3.8) is 0 Å². The van der Waals surface area contributed by atoms with Crippen LogP contribution in [0.5, 0.6) is 0 Å². The highest BCUT2D eigenvalue weighted by atomic mass is 16.1. The SMILES string of the molecule is CN(CCc1ccc(C(C)(C)C)cc1)C1CCC(C(C(N)=O)(c2ccccc2)c2ccccc2)C1. The summed E-state index contributed by atoms with van der Waals surface area (Å²) in [6.45, 7) is 7.77. The summed E-state index contributed by atoms with van der Waals surface area (Å²) >= 11 is 0. The second-order valence-electron chi connectivity index (χ2n) is 11.2. The Morgan fingerprint density at radius 2 is 1.37 bits per heavy atom. The van der Waals surface area contributed by atoms with Gasteiger partial charge in [0.2, 0.25) is 5.91 Å². The first kappa shape index (κ1) is 25.2. The van der Waals surface area contributed by atoms with Gasteiger partial charge < -0.3 is 10.6 Å². The minimum Gasteiger partial charge on any atom is -0.369 e. The topological polar surface area (TPSA) is 46.3 Å². The fourth-order valence-electron chi connectivity index (χ4n) is 5.94. The largest absolute Gasteiger partial charge is 0.369 e. The smallest absolute Gasteiger partial charge is 0.232 e. The van der Waals surface area contributed by atoms with E-state index in [1.54, 1.807) is 0 Å². The van der Waals surface area contributed by atoms with Gasteiger partial charge in [0.1, 0.15) is 5.41 Å². The van der Waals surface area contributed by atoms with Gasteiger partial charge in [0.05, 0.1) is 0 Å². The van der Waals surface area contributed by atoms with E-state index in [9.17, 15) is 4.79 Å². The number of carbonyl (C=O) groups excluding carboxylic acids is 1. The summed E-state index contributed by atoms with van der Waals surface area (Å²) in [5.41, 5.74) is 10.4. The number of carbonyl (C=O) groups is 1. The van der Waals surface area contributed by atoms with E-state index in [2.05, 4.69) is 81.2 Å². The van der Waals surface area contributed by atoms with Crippen molar-refractivity contribution < 1.29 is 4.79 Å². The molecule has 35 heavy (non-hydrogen) atoms. The normalized spacial score (nSPS) is 18.7. The van der Waals surface area contributed by atoms with Crippen molar-refractivity contribution in [2.45, 2.75) is 63.3 Å². The maximum absolute atomic E-state index is 13.3. The molecule has 0 aromatic heterocycles. The van der Waals surface area contributed by atoms with E-state index in [0.717, 1.165) is 43.4 Å². The monoisotopic (exact) mass is 468 g/mol. The molecular weight excluding hydrogens is 428 g/mol. The number of nitrogens with zero attached hydrogens (tertiary/aromatic N) is 1. The molecule has 0 aliphatic heterocycles. The highest BCUT2D eigenvalue weighted by Crippen LogP contribution is 2.47. The second kappa shape index (κ2) is 10.4. The van der Waals surface area contributed by atoms with Crippen LogP contribution in [0.4, 0.5) is 0 Å². The van der Waals surface area contributed by atoms with Crippen LogP contribution in [-0.2, 0) is 22.0 Å². The minimum absolute atomic E-state index is 0.170. The van der Waals surface area contributed by atoms with Crippen LogP contribution in [0.15, 0.2) is 84.9 Å². The van der Waals surface area contributed by atoms with E-state index < -0.39 is 5.41 Å². The lowest BCUT2D eigenvalue weighted by molar-refractivity contribution is -0.123. The molecule has 1 fully saturated rings. The molecule has 1 amide bonds. The van der Waals surface area contributed by atoms with Gasteiger partial charge in [-0.05, 0) is 66.3 Å². The first-order valence-corrected chi connectivity index (χ1v) is 12.9. The van der Waals surface area contributed by atoms with Crippen LogP contribution in [-0.4, -0.2) is 30.4 Å². The molecule has 1 aliphatic rings. The standard InChI is InChI=1S/C32H40N2O/c1-31(2,3)25-17-15-24(16-18-25)21-22-34(4)29-20-19-28(23-29)32(30(33)35,26-11-7-5-8-12-26)27-13-9-6-10-14-27/h5-18,28-29H,19-23H2,1-4H3,(H2,33,35). The zero-order valence-electron chi connectivity index (χ0n) is 21.7. The quantitative estimate of drug-likeness (QED) is 0.434. The number of benzene rings is 3. The van der Waals surface area contributed by atoms with Crippen molar-refractivity contribution in [3.8, 4) is 0 Å². The molecule has 2 atom stereocenters. The van der Waals surface area contributed by atoms with Gasteiger partial charge in [0.15, 0.2) is 0 Å². The lowest BCUT2D eigenvalue weighted by Crippen LogP contribution is -2.48. The Morgan fingerprint density at radius 3 is 1.86 bits per heavy atom. The lowest BCUT2D eigenvalue weighted by atomic mass is 9.64. The first-order chi connectivity index (χ1) is 16.7. The predicted molar refractivity (Wildman–Crippen MR) is 145 cm³/mol. The number of hydrogen-bond donors (Lipinski definition) is 1. The van der Waals surface area contributed by atoms with Gasteiger partial charge in [-0.2, -0.15) is 0 Å². The average molecular weight is 469 g/mol. The number of likely N-dealkylation sites (N-methyl/N-ethyl adjacent to an activating group) is 1. The average Bonchev–Trinajstić information content (AvgIpc) is 3.34. The van der Waals surface area contributed by atoms with Gasteiger partial charge in [0, 0.05) is 12.6 Å². The number of primary amides is 1. The molecule has 1 saturated carbocycles.